The minimum Gasteiger partial charge on any atom is -0.345 e. The highest BCUT2D eigenvalue weighted by Crippen LogP contribution is 2.31. The van der Waals surface area contributed by atoms with Crippen molar-refractivity contribution in [2.45, 2.75) is 46.0 Å². The molecule has 1 heterocycles. The van der Waals surface area contributed by atoms with Crippen molar-refractivity contribution in [3.05, 3.63) is 59.4 Å². The third-order valence-corrected chi connectivity index (χ3v) is 5.95. The summed E-state index contributed by atoms with van der Waals surface area (Å²) in [4.78, 5) is 31.3. The third kappa shape index (κ3) is 5.66. The smallest absolute Gasteiger partial charge is 0.227 e. The van der Waals surface area contributed by atoms with Crippen LogP contribution < -0.4 is 5.32 Å². The first kappa shape index (κ1) is 21.0. The normalized spacial score (nSPS) is 18.9. The van der Waals surface area contributed by atoms with E-state index in [4.69, 9.17) is 0 Å². The van der Waals surface area contributed by atoms with Gasteiger partial charge in [0.1, 0.15) is 0 Å². The highest BCUT2D eigenvalue weighted by molar-refractivity contribution is 5.93. The van der Waals surface area contributed by atoms with Crippen LogP contribution in [0.4, 0.5) is 5.69 Å². The van der Waals surface area contributed by atoms with Gasteiger partial charge in [-0.2, -0.15) is 0 Å². The third-order valence-electron chi connectivity index (χ3n) is 5.95. The monoisotopic (exact) mass is 393 g/mol. The summed E-state index contributed by atoms with van der Waals surface area (Å²) in [5, 5.41) is 3.07. The van der Waals surface area contributed by atoms with E-state index in [-0.39, 0.29) is 23.7 Å². The molecule has 1 aromatic heterocycles. The summed E-state index contributed by atoms with van der Waals surface area (Å²) in [5.41, 5.74) is 4.34. The zero-order valence-corrected chi connectivity index (χ0v) is 17.6. The summed E-state index contributed by atoms with van der Waals surface area (Å²) >= 11 is 0. The molecule has 0 bridgehead atoms. The lowest BCUT2D eigenvalue weighted by atomic mass is 9.81. The maximum atomic E-state index is 12.8. The lowest BCUT2D eigenvalue weighted by Gasteiger charge is -2.30. The Morgan fingerprint density at radius 1 is 1.03 bits per heavy atom. The molecule has 0 aliphatic heterocycles. The average Bonchev–Trinajstić information content (AvgIpc) is 2.74. The number of nitrogens with zero attached hydrogens (tertiary/aromatic N) is 2. The van der Waals surface area contributed by atoms with E-state index in [1.165, 1.54) is 11.1 Å². The molecular weight excluding hydrogens is 362 g/mol. The molecule has 1 N–H and O–H groups in total. The average molecular weight is 394 g/mol. The second kappa shape index (κ2) is 9.68. The fourth-order valence-corrected chi connectivity index (χ4v) is 4.06. The minimum atomic E-state index is -0.0122. The van der Waals surface area contributed by atoms with Gasteiger partial charge in [0.15, 0.2) is 0 Å². The Morgan fingerprint density at radius 2 is 1.69 bits per heavy atom. The highest BCUT2D eigenvalue weighted by atomic mass is 16.2. The van der Waals surface area contributed by atoms with Crippen molar-refractivity contribution >= 4 is 17.5 Å². The van der Waals surface area contributed by atoms with Crippen molar-refractivity contribution < 1.29 is 9.59 Å². The van der Waals surface area contributed by atoms with Gasteiger partial charge in [-0.25, -0.2) is 0 Å². The first-order valence-electron chi connectivity index (χ1n) is 10.5. The molecule has 0 unspecified atom stereocenters. The molecule has 154 valence electrons. The number of aromatic nitrogens is 1. The van der Waals surface area contributed by atoms with Crippen LogP contribution in [0, 0.1) is 25.7 Å². The maximum absolute atomic E-state index is 12.8. The first-order valence-corrected chi connectivity index (χ1v) is 10.5. The number of pyridine rings is 1. The lowest BCUT2D eigenvalue weighted by Crippen LogP contribution is -2.37. The van der Waals surface area contributed by atoms with Gasteiger partial charge in [0.05, 0.1) is 0 Å². The Bertz CT molecular complexity index is 842. The van der Waals surface area contributed by atoms with Crippen molar-refractivity contribution in [1.29, 1.82) is 0 Å². The largest absolute Gasteiger partial charge is 0.345 e. The molecule has 3 rings (SSSR count). The molecule has 2 amide bonds. The van der Waals surface area contributed by atoms with Crippen LogP contribution in [-0.2, 0) is 16.0 Å². The molecule has 1 fully saturated rings. The van der Waals surface area contributed by atoms with Gasteiger partial charge in [0.25, 0.3) is 0 Å². The van der Waals surface area contributed by atoms with Crippen LogP contribution in [0.5, 0.6) is 0 Å². The lowest BCUT2D eigenvalue weighted by molar-refractivity contribution is -0.136. The number of aryl methyl sites for hydroxylation is 2. The minimum absolute atomic E-state index is 0.0122. The van der Waals surface area contributed by atoms with Crippen LogP contribution in [0.15, 0.2) is 42.7 Å². The van der Waals surface area contributed by atoms with E-state index in [2.05, 4.69) is 16.4 Å². The van der Waals surface area contributed by atoms with Crippen molar-refractivity contribution in [2.75, 3.05) is 18.9 Å². The molecule has 2 aromatic rings. The van der Waals surface area contributed by atoms with Gasteiger partial charge < -0.3 is 10.2 Å². The van der Waals surface area contributed by atoms with Gasteiger partial charge in [-0.05, 0) is 75.3 Å². The fraction of sp³-hybridized carbons (Fsp3) is 0.458. The van der Waals surface area contributed by atoms with Gasteiger partial charge in [-0.15, -0.1) is 0 Å². The molecule has 0 spiro atoms. The maximum Gasteiger partial charge on any atom is 0.227 e. The van der Waals surface area contributed by atoms with Crippen LogP contribution in [0.1, 0.15) is 42.4 Å². The van der Waals surface area contributed by atoms with Crippen molar-refractivity contribution in [2.24, 2.45) is 11.8 Å². The molecule has 1 aliphatic carbocycles. The summed E-state index contributed by atoms with van der Waals surface area (Å²) < 4.78 is 0. The second-order valence-corrected chi connectivity index (χ2v) is 8.22. The number of hydrogen-bond acceptors (Lipinski definition) is 3. The molecule has 1 aromatic carbocycles. The van der Waals surface area contributed by atoms with Crippen molar-refractivity contribution in [1.82, 2.24) is 9.88 Å². The molecule has 1 aliphatic rings. The molecule has 0 saturated heterocycles. The number of hydrogen-bond donors (Lipinski definition) is 1. The van der Waals surface area contributed by atoms with E-state index in [1.807, 2.05) is 50.1 Å². The number of anilines is 1. The second-order valence-electron chi connectivity index (χ2n) is 8.22. The Balaban J connectivity index is 1.46. The molecule has 5 nitrogen and oxygen atoms in total. The first-order chi connectivity index (χ1) is 13.9. The molecular formula is C24H31N3O2. The quantitative estimate of drug-likeness (QED) is 0.802. The summed E-state index contributed by atoms with van der Waals surface area (Å²) in [6, 6.07) is 10.0. The van der Waals surface area contributed by atoms with Gasteiger partial charge in [-0.1, -0.05) is 17.7 Å². The number of likely N-dealkylation sites (N-methyl/N-ethyl adjacent to an activating group) is 1. The van der Waals surface area contributed by atoms with E-state index >= 15 is 0 Å². The number of rotatable bonds is 6. The molecule has 1 saturated carbocycles. The van der Waals surface area contributed by atoms with E-state index in [0.29, 0.717) is 6.54 Å². The van der Waals surface area contributed by atoms with E-state index in [0.717, 1.165) is 43.4 Å². The molecule has 0 atom stereocenters. The number of carbonyl (C=O) groups excluding carboxylic acids is 2. The molecule has 29 heavy (non-hydrogen) atoms. The van der Waals surface area contributed by atoms with Gasteiger partial charge >= 0.3 is 0 Å². The highest BCUT2D eigenvalue weighted by Gasteiger charge is 2.31. The van der Waals surface area contributed by atoms with Crippen LogP contribution in [0.3, 0.4) is 0 Å². The molecule has 0 radical (unpaired) electrons. The van der Waals surface area contributed by atoms with E-state index < -0.39 is 0 Å². The van der Waals surface area contributed by atoms with Gasteiger partial charge in [0, 0.05) is 43.5 Å². The number of nitrogens with one attached hydrogen (secondary N) is 1. The van der Waals surface area contributed by atoms with Gasteiger partial charge in [0.2, 0.25) is 11.8 Å². The summed E-state index contributed by atoms with van der Waals surface area (Å²) in [5.74, 6) is 0.297. The summed E-state index contributed by atoms with van der Waals surface area (Å²) in [7, 11) is 1.88. The van der Waals surface area contributed by atoms with Crippen LogP contribution in [0.2, 0.25) is 0 Å². The Hall–Kier alpha value is -2.69. The Labute approximate surface area is 173 Å². The Kier molecular flexibility index (Phi) is 7.02. The molecule has 5 heteroatoms. The van der Waals surface area contributed by atoms with E-state index in [1.54, 1.807) is 12.4 Å². The zero-order chi connectivity index (χ0) is 20.8. The van der Waals surface area contributed by atoms with Crippen LogP contribution in [-0.4, -0.2) is 35.3 Å². The number of benzene rings is 1. The Morgan fingerprint density at radius 3 is 2.34 bits per heavy atom. The number of carbonyl (C=O) groups is 2. The number of amides is 2. The van der Waals surface area contributed by atoms with Crippen molar-refractivity contribution in [3.63, 3.8) is 0 Å². The zero-order valence-electron chi connectivity index (χ0n) is 17.6. The summed E-state index contributed by atoms with van der Waals surface area (Å²) in [6.07, 6.45) is 7.49. The van der Waals surface area contributed by atoms with Crippen LogP contribution in [0.25, 0.3) is 0 Å². The van der Waals surface area contributed by atoms with Crippen molar-refractivity contribution in [3.8, 4) is 0 Å². The fourth-order valence-electron chi connectivity index (χ4n) is 4.06. The topological polar surface area (TPSA) is 62.3 Å². The SMILES string of the molecule is Cc1ccc(NC(=O)C2CCC(C(=O)N(C)CCc3ccncc3)CC2)c(C)c1. The van der Waals surface area contributed by atoms with Crippen LogP contribution >= 0.6 is 0 Å². The predicted octanol–water partition coefficient (Wildman–Crippen LogP) is 4.14. The summed E-state index contributed by atoms with van der Waals surface area (Å²) in [6.45, 7) is 4.76. The standard InChI is InChI=1S/C24H31N3O2/c1-17-4-9-22(18(2)16-17)26-23(28)20-5-7-21(8-6-20)24(29)27(3)15-12-19-10-13-25-14-11-19/h4,9-11,13-14,16,20-21H,5-8,12,15H2,1-3H3,(H,26,28). The van der Waals surface area contributed by atoms with Gasteiger partial charge in [-0.3, -0.25) is 14.6 Å². The predicted molar refractivity (Wildman–Crippen MR) is 116 cm³/mol. The van der Waals surface area contributed by atoms with E-state index in [9.17, 15) is 9.59 Å².